The van der Waals surface area contributed by atoms with E-state index in [0.717, 1.165) is 34.0 Å². The zero-order valence-corrected chi connectivity index (χ0v) is 20.5. The van der Waals surface area contributed by atoms with Gasteiger partial charge in [0.25, 0.3) is 0 Å². The molecule has 5 rings (SSSR count). The Kier molecular flexibility index (Phi) is 5.70. The van der Waals surface area contributed by atoms with Gasteiger partial charge in [0.2, 0.25) is 0 Å². The van der Waals surface area contributed by atoms with E-state index in [9.17, 15) is 4.39 Å². The van der Waals surface area contributed by atoms with E-state index in [1.165, 1.54) is 23.3 Å². The van der Waals surface area contributed by atoms with E-state index < -0.39 is 0 Å². The van der Waals surface area contributed by atoms with Crippen LogP contribution in [-0.2, 0) is 0 Å². The minimum absolute atomic E-state index is 0.0935. The first-order chi connectivity index (χ1) is 16.3. The maximum atomic E-state index is 13.6. The molecule has 0 unspecified atom stereocenters. The molecular formula is C28H27FN4S. The number of rotatable bonds is 4. The molecule has 0 aliphatic carbocycles. The molecule has 34 heavy (non-hydrogen) atoms. The fourth-order valence-electron chi connectivity index (χ4n) is 5.11. The number of benzene rings is 2. The highest BCUT2D eigenvalue weighted by atomic mass is 32.1. The molecule has 2 aromatic carbocycles. The average Bonchev–Trinajstić information content (AvgIpc) is 3.30. The van der Waals surface area contributed by atoms with Gasteiger partial charge in [-0.25, -0.2) is 4.39 Å². The van der Waals surface area contributed by atoms with Crippen LogP contribution in [0.4, 0.5) is 10.1 Å². The molecule has 3 heterocycles. The molecule has 1 fully saturated rings. The summed E-state index contributed by atoms with van der Waals surface area (Å²) < 4.78 is 15.8. The number of nitrogens with zero attached hydrogens (tertiary/aromatic N) is 3. The Bertz CT molecular complexity index is 1340. The van der Waals surface area contributed by atoms with Crippen LogP contribution in [0.2, 0.25) is 0 Å². The van der Waals surface area contributed by atoms with Crippen LogP contribution >= 0.6 is 12.2 Å². The Morgan fingerprint density at radius 3 is 2.24 bits per heavy atom. The molecule has 4 nitrogen and oxygen atoms in total. The first-order valence-electron chi connectivity index (χ1n) is 11.4. The van der Waals surface area contributed by atoms with E-state index in [4.69, 9.17) is 12.2 Å². The highest BCUT2D eigenvalue weighted by Gasteiger charge is 2.42. The van der Waals surface area contributed by atoms with Crippen molar-refractivity contribution in [1.82, 2.24) is 14.9 Å². The zero-order chi connectivity index (χ0) is 24.0. The van der Waals surface area contributed by atoms with Gasteiger partial charge in [0.05, 0.1) is 17.8 Å². The van der Waals surface area contributed by atoms with Gasteiger partial charge in [0.15, 0.2) is 5.11 Å². The van der Waals surface area contributed by atoms with Crippen LogP contribution < -0.4 is 10.2 Å². The van der Waals surface area contributed by atoms with Crippen molar-refractivity contribution >= 4 is 23.0 Å². The predicted molar refractivity (Wildman–Crippen MR) is 139 cm³/mol. The van der Waals surface area contributed by atoms with E-state index in [1.54, 1.807) is 0 Å². The Morgan fingerprint density at radius 2 is 1.59 bits per heavy atom. The fourth-order valence-corrected chi connectivity index (χ4v) is 5.46. The monoisotopic (exact) mass is 470 g/mol. The number of hydrogen-bond donors (Lipinski definition) is 1. The Hall–Kier alpha value is -3.51. The van der Waals surface area contributed by atoms with Gasteiger partial charge in [0.1, 0.15) is 5.82 Å². The smallest absolute Gasteiger partial charge is 0.174 e. The Labute approximate surface area is 205 Å². The molecular weight excluding hydrogens is 443 g/mol. The Balaban J connectivity index is 1.69. The number of thiocarbonyl (C=S) groups is 1. The standard InChI is InChI=1S/C28H27FN4S/c1-17-13-18(2)15-23(14-17)33-27(26(31-28(33)34)25-7-5-6-12-30-25)24-16-19(3)32(20(24)4)22-10-8-21(29)9-11-22/h5-16,26-27H,1-4H3,(H,31,34)/t26-,27+/m1/s1. The van der Waals surface area contributed by atoms with Crippen LogP contribution in [0.15, 0.2) is 72.9 Å². The third-order valence-corrected chi connectivity index (χ3v) is 6.77. The van der Waals surface area contributed by atoms with Crippen molar-refractivity contribution in [3.63, 3.8) is 0 Å². The summed E-state index contributed by atoms with van der Waals surface area (Å²) in [6.45, 7) is 8.41. The second-order valence-corrected chi connectivity index (χ2v) is 9.37. The summed E-state index contributed by atoms with van der Waals surface area (Å²) in [6.07, 6.45) is 1.82. The highest BCUT2D eigenvalue weighted by Crippen LogP contribution is 2.44. The number of nitrogens with one attached hydrogen (secondary N) is 1. The minimum Gasteiger partial charge on any atom is -0.351 e. The Morgan fingerprint density at radius 1 is 0.882 bits per heavy atom. The van der Waals surface area contributed by atoms with E-state index >= 15 is 0 Å². The van der Waals surface area contributed by atoms with Crippen molar-refractivity contribution in [1.29, 1.82) is 0 Å². The van der Waals surface area contributed by atoms with Crippen LogP contribution in [0, 0.1) is 33.5 Å². The van der Waals surface area contributed by atoms with Crippen molar-refractivity contribution in [2.24, 2.45) is 0 Å². The van der Waals surface area contributed by atoms with E-state index in [-0.39, 0.29) is 17.9 Å². The molecule has 0 amide bonds. The lowest BCUT2D eigenvalue weighted by molar-refractivity contribution is 0.565. The van der Waals surface area contributed by atoms with Crippen LogP contribution in [-0.4, -0.2) is 14.7 Å². The van der Waals surface area contributed by atoms with E-state index in [0.29, 0.717) is 5.11 Å². The second kappa shape index (κ2) is 8.69. The second-order valence-electron chi connectivity index (χ2n) is 8.98. The summed E-state index contributed by atoms with van der Waals surface area (Å²) in [5.41, 5.74) is 8.64. The summed E-state index contributed by atoms with van der Waals surface area (Å²) >= 11 is 5.89. The predicted octanol–water partition coefficient (Wildman–Crippen LogP) is 6.42. The number of hydrogen-bond acceptors (Lipinski definition) is 2. The van der Waals surface area contributed by atoms with E-state index in [1.807, 2.05) is 36.5 Å². The third-order valence-electron chi connectivity index (χ3n) is 6.46. The van der Waals surface area contributed by atoms with Crippen molar-refractivity contribution in [3.05, 3.63) is 113 Å². The van der Waals surface area contributed by atoms with Crippen molar-refractivity contribution in [3.8, 4) is 5.69 Å². The van der Waals surface area contributed by atoms with Crippen molar-refractivity contribution in [2.75, 3.05) is 4.90 Å². The molecule has 4 aromatic rings. The molecule has 2 aromatic heterocycles. The summed E-state index contributed by atoms with van der Waals surface area (Å²) in [4.78, 5) is 6.88. The largest absolute Gasteiger partial charge is 0.351 e. The van der Waals surface area contributed by atoms with Gasteiger partial charge in [-0.1, -0.05) is 12.1 Å². The highest BCUT2D eigenvalue weighted by molar-refractivity contribution is 7.80. The number of aryl methyl sites for hydroxylation is 3. The van der Waals surface area contributed by atoms with E-state index in [2.05, 4.69) is 71.7 Å². The lowest BCUT2D eigenvalue weighted by Crippen LogP contribution is -2.29. The lowest BCUT2D eigenvalue weighted by Gasteiger charge is -2.29. The number of pyridine rings is 1. The molecule has 6 heteroatoms. The minimum atomic E-state index is -0.243. The molecule has 0 bridgehead atoms. The summed E-state index contributed by atoms with van der Waals surface area (Å²) in [7, 11) is 0. The van der Waals surface area contributed by atoms with Gasteiger partial charge >= 0.3 is 0 Å². The lowest BCUT2D eigenvalue weighted by atomic mass is 9.96. The molecule has 0 radical (unpaired) electrons. The van der Waals surface area contributed by atoms with Gasteiger partial charge in [-0.05, 0) is 111 Å². The van der Waals surface area contributed by atoms with Crippen LogP contribution in [0.3, 0.4) is 0 Å². The maximum absolute atomic E-state index is 13.6. The molecule has 1 saturated heterocycles. The molecule has 2 atom stereocenters. The molecule has 0 saturated carbocycles. The molecule has 1 N–H and O–H groups in total. The third kappa shape index (κ3) is 3.88. The fraction of sp³-hybridized carbons (Fsp3) is 0.214. The number of anilines is 1. The SMILES string of the molecule is Cc1cc(C)cc(N2C(=S)N[C@H](c3ccccn3)[C@@H]2c2cc(C)n(-c3ccc(F)cc3)c2C)c1. The zero-order valence-electron chi connectivity index (χ0n) is 19.7. The normalized spacial score (nSPS) is 17.8. The average molecular weight is 471 g/mol. The molecule has 0 spiro atoms. The molecule has 172 valence electrons. The number of halogens is 1. The van der Waals surface area contributed by atoms with Crippen LogP contribution in [0.5, 0.6) is 0 Å². The van der Waals surface area contributed by atoms with Gasteiger partial charge in [-0.3, -0.25) is 4.98 Å². The summed E-state index contributed by atoms with van der Waals surface area (Å²) in [5.74, 6) is -0.243. The van der Waals surface area contributed by atoms with Crippen LogP contribution in [0.1, 0.15) is 45.9 Å². The van der Waals surface area contributed by atoms with Gasteiger partial charge in [-0.2, -0.15) is 0 Å². The van der Waals surface area contributed by atoms with Gasteiger partial charge < -0.3 is 14.8 Å². The first-order valence-corrected chi connectivity index (χ1v) is 11.8. The molecule has 1 aliphatic rings. The van der Waals surface area contributed by atoms with Gasteiger partial charge in [0, 0.05) is 29.0 Å². The number of aromatic nitrogens is 2. The van der Waals surface area contributed by atoms with Crippen molar-refractivity contribution in [2.45, 2.75) is 39.8 Å². The molecule has 1 aliphatic heterocycles. The van der Waals surface area contributed by atoms with Gasteiger partial charge in [-0.15, -0.1) is 0 Å². The summed E-state index contributed by atoms with van der Waals surface area (Å²) in [5, 5.41) is 4.22. The van der Waals surface area contributed by atoms with Crippen LogP contribution in [0.25, 0.3) is 5.69 Å². The quantitative estimate of drug-likeness (QED) is 0.349. The topological polar surface area (TPSA) is 33.1 Å². The summed E-state index contributed by atoms with van der Waals surface area (Å²) in [6, 6.07) is 21.1. The first kappa shape index (κ1) is 22.3. The van der Waals surface area contributed by atoms with Crippen molar-refractivity contribution < 1.29 is 4.39 Å². The maximum Gasteiger partial charge on any atom is 0.174 e.